The number of nitrogens with one attached hydrogen (secondary N) is 1. The van der Waals surface area contributed by atoms with Gasteiger partial charge in [-0.3, -0.25) is 20.2 Å². The molecule has 2 heterocycles. The van der Waals surface area contributed by atoms with Crippen LogP contribution in [0, 0.1) is 10.1 Å². The summed E-state index contributed by atoms with van der Waals surface area (Å²) in [6.45, 7) is 0. The Balaban J connectivity index is 1.86. The summed E-state index contributed by atoms with van der Waals surface area (Å²) in [5, 5.41) is 13.8. The van der Waals surface area contributed by atoms with Crippen molar-refractivity contribution in [1.82, 2.24) is 4.98 Å². The van der Waals surface area contributed by atoms with Gasteiger partial charge in [0.05, 0.1) is 20.0 Å². The monoisotopic (exact) mass is 351 g/mol. The molecule has 0 saturated carbocycles. The topological polar surface area (TPSA) is 85.1 Å². The summed E-state index contributed by atoms with van der Waals surface area (Å²) < 4.78 is 0.985. The molecule has 1 N–H and O–H groups in total. The summed E-state index contributed by atoms with van der Waals surface area (Å²) in [6, 6.07) is 8.63. The molecule has 1 amide bonds. The van der Waals surface area contributed by atoms with Crippen molar-refractivity contribution in [3.63, 3.8) is 0 Å². The number of hydrogen-bond acceptors (Lipinski definition) is 7. The van der Waals surface area contributed by atoms with E-state index in [1.54, 1.807) is 11.8 Å². The number of carbonyl (C=O) groups excluding carboxylic acids is 1. The quantitative estimate of drug-likeness (QED) is 0.432. The van der Waals surface area contributed by atoms with Crippen LogP contribution in [0.5, 0.6) is 0 Å². The number of hydrogen-bond donors (Lipinski definition) is 1. The van der Waals surface area contributed by atoms with Crippen LogP contribution in [-0.4, -0.2) is 22.1 Å². The minimum absolute atomic E-state index is 0.0564. The smallest absolute Gasteiger partial charge is 0.297 e. The molecule has 0 aliphatic rings. The van der Waals surface area contributed by atoms with E-state index < -0.39 is 4.92 Å². The molecule has 3 rings (SSSR count). The fourth-order valence-electron chi connectivity index (χ4n) is 1.85. The van der Waals surface area contributed by atoms with Gasteiger partial charge in [-0.2, -0.15) is 0 Å². The molecule has 0 bridgehead atoms. The van der Waals surface area contributed by atoms with Crippen molar-refractivity contribution in [2.75, 3.05) is 11.6 Å². The van der Waals surface area contributed by atoms with Crippen LogP contribution in [0.4, 0.5) is 10.1 Å². The van der Waals surface area contributed by atoms with E-state index in [4.69, 9.17) is 0 Å². The first-order valence-corrected chi connectivity index (χ1v) is 8.93. The molecular formula is C13H9N3O3S3. The highest BCUT2D eigenvalue weighted by atomic mass is 32.2. The summed E-state index contributed by atoms with van der Waals surface area (Å²) in [6.07, 6.45) is 1.97. The first-order chi connectivity index (χ1) is 10.6. The number of thiophene rings is 1. The zero-order valence-corrected chi connectivity index (χ0v) is 13.7. The first kappa shape index (κ1) is 14.9. The fourth-order valence-corrected chi connectivity index (χ4v) is 4.08. The van der Waals surface area contributed by atoms with Gasteiger partial charge in [0, 0.05) is 11.0 Å². The number of rotatable bonds is 4. The maximum absolute atomic E-state index is 12.1. The first-order valence-electron chi connectivity index (χ1n) is 6.07. The fraction of sp³-hybridized carbons (Fsp3) is 0.0769. The van der Waals surface area contributed by atoms with Crippen molar-refractivity contribution < 1.29 is 9.72 Å². The van der Waals surface area contributed by atoms with Crippen LogP contribution in [-0.2, 0) is 0 Å². The predicted octanol–water partition coefficient (Wildman–Crippen LogP) is 4.24. The van der Waals surface area contributed by atoms with Gasteiger partial charge >= 0.3 is 5.00 Å². The Labute approximate surface area is 137 Å². The predicted molar refractivity (Wildman–Crippen MR) is 90.3 cm³/mol. The van der Waals surface area contributed by atoms with Gasteiger partial charge < -0.3 is 0 Å². The summed E-state index contributed by atoms with van der Waals surface area (Å²) in [5.74, 6) is -0.386. The van der Waals surface area contributed by atoms with Crippen molar-refractivity contribution in [3.05, 3.63) is 45.3 Å². The lowest BCUT2D eigenvalue weighted by Gasteiger charge is -1.97. The Bertz CT molecular complexity index is 872. The van der Waals surface area contributed by atoms with E-state index in [0.717, 1.165) is 26.4 Å². The maximum Gasteiger partial charge on any atom is 0.324 e. The SMILES string of the molecule is CSc1cccc2sc(NC(=O)c3ccc([N+](=O)[O-])s3)nc12. The second-order valence-corrected chi connectivity index (χ2v) is 7.12. The van der Waals surface area contributed by atoms with Crippen LogP contribution < -0.4 is 5.32 Å². The molecule has 0 radical (unpaired) electrons. The molecule has 0 aliphatic carbocycles. The number of amides is 1. The molecule has 0 aliphatic heterocycles. The number of aromatic nitrogens is 1. The van der Waals surface area contributed by atoms with Gasteiger partial charge in [0.15, 0.2) is 5.13 Å². The summed E-state index contributed by atoms with van der Waals surface area (Å²) in [4.78, 5) is 28.0. The van der Waals surface area contributed by atoms with Crippen LogP contribution in [0.1, 0.15) is 9.67 Å². The minimum Gasteiger partial charge on any atom is -0.297 e. The van der Waals surface area contributed by atoms with Gasteiger partial charge in [0.2, 0.25) is 0 Å². The third-order valence-electron chi connectivity index (χ3n) is 2.82. The van der Waals surface area contributed by atoms with E-state index in [1.807, 2.05) is 24.5 Å². The van der Waals surface area contributed by atoms with Gasteiger partial charge in [0.25, 0.3) is 5.91 Å². The van der Waals surface area contributed by atoms with Gasteiger partial charge in [-0.05, 0) is 24.5 Å². The van der Waals surface area contributed by atoms with Crippen LogP contribution in [0.25, 0.3) is 10.2 Å². The number of fused-ring (bicyclic) bond motifs is 1. The van der Waals surface area contributed by atoms with Gasteiger partial charge in [0.1, 0.15) is 0 Å². The molecule has 1 aromatic carbocycles. The lowest BCUT2D eigenvalue weighted by molar-refractivity contribution is -0.380. The maximum atomic E-state index is 12.1. The molecular weight excluding hydrogens is 342 g/mol. The second kappa shape index (κ2) is 6.03. The van der Waals surface area contributed by atoms with E-state index >= 15 is 0 Å². The minimum atomic E-state index is -0.510. The van der Waals surface area contributed by atoms with E-state index in [0.29, 0.717) is 5.13 Å². The van der Waals surface area contributed by atoms with Crippen molar-refractivity contribution in [1.29, 1.82) is 0 Å². The van der Waals surface area contributed by atoms with Gasteiger partial charge in [-0.1, -0.05) is 28.7 Å². The van der Waals surface area contributed by atoms with E-state index in [-0.39, 0.29) is 15.8 Å². The average molecular weight is 351 g/mol. The van der Waals surface area contributed by atoms with Crippen LogP contribution in [0.15, 0.2) is 35.2 Å². The molecule has 6 nitrogen and oxygen atoms in total. The summed E-state index contributed by atoms with van der Waals surface area (Å²) in [5.41, 5.74) is 0.854. The average Bonchev–Trinajstić information content (AvgIpc) is 3.13. The Morgan fingerprint density at radius 2 is 2.14 bits per heavy atom. The second-order valence-electron chi connectivity index (χ2n) is 4.18. The molecule has 0 spiro atoms. The largest absolute Gasteiger partial charge is 0.324 e. The highest BCUT2D eigenvalue weighted by molar-refractivity contribution is 7.98. The van der Waals surface area contributed by atoms with E-state index in [1.165, 1.54) is 23.5 Å². The highest BCUT2D eigenvalue weighted by Crippen LogP contribution is 2.33. The standard InChI is InChI=1S/C13H9N3O3S3/c1-20-7-3-2-4-8-11(7)14-13(22-8)15-12(17)9-5-6-10(21-9)16(18)19/h2-6H,1H3,(H,14,15,17). The lowest BCUT2D eigenvalue weighted by Crippen LogP contribution is -2.09. The number of thioether (sulfide) groups is 1. The molecule has 0 fully saturated rings. The lowest BCUT2D eigenvalue weighted by atomic mass is 10.3. The Morgan fingerprint density at radius 1 is 1.32 bits per heavy atom. The highest BCUT2D eigenvalue weighted by Gasteiger charge is 2.17. The van der Waals surface area contributed by atoms with Crippen molar-refractivity contribution in [3.8, 4) is 0 Å². The van der Waals surface area contributed by atoms with Gasteiger partial charge in [-0.25, -0.2) is 4.98 Å². The Morgan fingerprint density at radius 3 is 2.82 bits per heavy atom. The summed E-state index contributed by atoms with van der Waals surface area (Å²) >= 11 is 3.81. The van der Waals surface area contributed by atoms with Crippen LogP contribution in [0.2, 0.25) is 0 Å². The van der Waals surface area contributed by atoms with Crippen molar-refractivity contribution in [2.24, 2.45) is 0 Å². The number of para-hydroxylation sites is 1. The molecule has 9 heteroatoms. The number of carbonyl (C=O) groups is 1. The van der Waals surface area contributed by atoms with Crippen LogP contribution >= 0.6 is 34.4 Å². The molecule has 2 aromatic heterocycles. The molecule has 0 saturated heterocycles. The zero-order chi connectivity index (χ0) is 15.7. The van der Waals surface area contributed by atoms with Crippen LogP contribution in [0.3, 0.4) is 0 Å². The van der Waals surface area contributed by atoms with E-state index in [2.05, 4.69) is 10.3 Å². The summed E-state index contributed by atoms with van der Waals surface area (Å²) in [7, 11) is 0. The molecule has 3 aromatic rings. The number of nitrogens with zero attached hydrogens (tertiary/aromatic N) is 2. The number of benzene rings is 1. The number of nitro groups is 1. The van der Waals surface area contributed by atoms with Gasteiger partial charge in [-0.15, -0.1) is 11.8 Å². The zero-order valence-electron chi connectivity index (χ0n) is 11.2. The normalized spacial score (nSPS) is 10.8. The van der Waals surface area contributed by atoms with Crippen molar-refractivity contribution in [2.45, 2.75) is 4.90 Å². The molecule has 0 unspecified atom stereocenters. The molecule has 112 valence electrons. The molecule has 22 heavy (non-hydrogen) atoms. The third-order valence-corrected chi connectivity index (χ3v) is 5.56. The molecule has 0 atom stereocenters. The van der Waals surface area contributed by atoms with Crippen molar-refractivity contribution >= 4 is 60.7 Å². The Hall–Kier alpha value is -1.97. The Kier molecular flexibility index (Phi) is 4.10. The number of thiazole rings is 1. The van der Waals surface area contributed by atoms with E-state index in [9.17, 15) is 14.9 Å². The third kappa shape index (κ3) is 2.82. The number of anilines is 1.